The van der Waals surface area contributed by atoms with E-state index in [4.69, 9.17) is 4.74 Å². The van der Waals surface area contributed by atoms with Crippen molar-refractivity contribution in [2.45, 2.75) is 26.2 Å². The lowest BCUT2D eigenvalue weighted by Crippen LogP contribution is -2.05. The van der Waals surface area contributed by atoms with Gasteiger partial charge in [0.1, 0.15) is 0 Å². The second-order valence-electron chi connectivity index (χ2n) is 4.36. The van der Waals surface area contributed by atoms with Crippen LogP contribution >= 0.6 is 0 Å². The van der Waals surface area contributed by atoms with Gasteiger partial charge in [-0.05, 0) is 31.0 Å². The van der Waals surface area contributed by atoms with E-state index in [1.807, 2.05) is 41.1 Å². The van der Waals surface area contributed by atoms with Gasteiger partial charge >= 0.3 is 5.97 Å². The molecule has 100 valence electrons. The largest absolute Gasteiger partial charge is 0.464 e. The Balaban J connectivity index is 2.39. The highest BCUT2D eigenvalue weighted by Gasteiger charge is 2.15. The molecule has 0 atom stereocenters. The van der Waals surface area contributed by atoms with Crippen molar-refractivity contribution < 1.29 is 9.53 Å². The molecule has 0 saturated carbocycles. The fourth-order valence-electron chi connectivity index (χ4n) is 1.95. The Morgan fingerprint density at radius 1 is 1.32 bits per heavy atom. The van der Waals surface area contributed by atoms with Gasteiger partial charge in [0.05, 0.1) is 12.8 Å². The van der Waals surface area contributed by atoms with Gasteiger partial charge in [-0.15, -0.1) is 0 Å². The third-order valence-electron chi connectivity index (χ3n) is 2.96. The minimum absolute atomic E-state index is 0.359. The number of aryl methyl sites for hydroxylation is 1. The number of unbranched alkanes of at least 4 members (excludes halogenated alkanes) is 1. The summed E-state index contributed by atoms with van der Waals surface area (Å²) in [7, 11) is 1.37. The number of carbonyl (C=O) groups is 1. The second-order valence-corrected chi connectivity index (χ2v) is 4.36. The average molecular weight is 258 g/mol. The third kappa shape index (κ3) is 3.02. The van der Waals surface area contributed by atoms with E-state index in [1.165, 1.54) is 7.11 Å². The zero-order valence-electron chi connectivity index (χ0n) is 11.3. The molecule has 2 aromatic rings. The highest BCUT2D eigenvalue weighted by atomic mass is 16.5. The van der Waals surface area contributed by atoms with Gasteiger partial charge in [-0.1, -0.05) is 31.5 Å². The zero-order valence-corrected chi connectivity index (χ0v) is 11.3. The molecule has 0 N–H and O–H groups in total. The first-order valence-corrected chi connectivity index (χ1v) is 6.49. The Kier molecular flexibility index (Phi) is 4.34. The van der Waals surface area contributed by atoms with Crippen LogP contribution < -0.4 is 0 Å². The molecule has 0 aliphatic heterocycles. The van der Waals surface area contributed by atoms with Gasteiger partial charge in [-0.3, -0.25) is 0 Å². The van der Waals surface area contributed by atoms with E-state index >= 15 is 0 Å². The van der Waals surface area contributed by atoms with Crippen LogP contribution in [0.4, 0.5) is 0 Å². The molecule has 0 fully saturated rings. The second kappa shape index (κ2) is 6.18. The zero-order chi connectivity index (χ0) is 13.7. The number of aromatic nitrogens is 2. The van der Waals surface area contributed by atoms with Gasteiger partial charge in [0, 0.05) is 5.69 Å². The van der Waals surface area contributed by atoms with Crippen LogP contribution in [-0.2, 0) is 11.2 Å². The van der Waals surface area contributed by atoms with Crippen LogP contribution in [0.1, 0.15) is 35.9 Å². The predicted octanol–water partition coefficient (Wildman–Crippen LogP) is 3.00. The van der Waals surface area contributed by atoms with Crippen molar-refractivity contribution in [3.8, 4) is 5.69 Å². The number of ether oxygens (including phenoxy) is 1. The molecular weight excluding hydrogens is 240 g/mol. The molecule has 0 unspecified atom stereocenters. The lowest BCUT2D eigenvalue weighted by atomic mass is 10.2. The topological polar surface area (TPSA) is 44.1 Å². The third-order valence-corrected chi connectivity index (χ3v) is 2.96. The Bertz CT molecular complexity index is 547. The molecule has 4 heteroatoms. The number of nitrogens with zero attached hydrogens (tertiary/aromatic N) is 2. The molecule has 0 radical (unpaired) electrons. The fraction of sp³-hybridized carbons (Fsp3) is 0.333. The van der Waals surface area contributed by atoms with E-state index in [-0.39, 0.29) is 0 Å². The smallest absolute Gasteiger partial charge is 0.358 e. The molecule has 1 aromatic heterocycles. The van der Waals surface area contributed by atoms with Gasteiger partial charge in [0.2, 0.25) is 0 Å². The van der Waals surface area contributed by atoms with Crippen LogP contribution in [0.5, 0.6) is 0 Å². The Hall–Kier alpha value is -2.10. The monoisotopic (exact) mass is 258 g/mol. The molecule has 0 aliphatic rings. The van der Waals surface area contributed by atoms with Crippen molar-refractivity contribution in [2.75, 3.05) is 7.11 Å². The van der Waals surface area contributed by atoms with Crippen molar-refractivity contribution in [3.05, 3.63) is 47.8 Å². The number of methoxy groups -OCH3 is 1. The summed E-state index contributed by atoms with van der Waals surface area (Å²) in [6.45, 7) is 2.14. The number of hydrogen-bond acceptors (Lipinski definition) is 3. The van der Waals surface area contributed by atoms with E-state index < -0.39 is 5.97 Å². The lowest BCUT2D eigenvalue weighted by Gasteiger charge is -2.06. The molecule has 0 saturated heterocycles. The van der Waals surface area contributed by atoms with Crippen LogP contribution in [0.3, 0.4) is 0 Å². The van der Waals surface area contributed by atoms with Crippen LogP contribution in [0.25, 0.3) is 5.69 Å². The molecule has 2 rings (SSSR count). The first kappa shape index (κ1) is 13.3. The summed E-state index contributed by atoms with van der Waals surface area (Å²) in [5, 5.41) is 4.35. The summed E-state index contributed by atoms with van der Waals surface area (Å²) >= 11 is 0. The van der Waals surface area contributed by atoms with E-state index in [0.717, 1.165) is 30.6 Å². The maximum atomic E-state index is 11.6. The molecule has 0 bridgehead atoms. The molecule has 4 nitrogen and oxygen atoms in total. The summed E-state index contributed by atoms with van der Waals surface area (Å²) in [6, 6.07) is 11.6. The molecule has 19 heavy (non-hydrogen) atoms. The molecular formula is C15H18N2O2. The number of esters is 1. The first-order chi connectivity index (χ1) is 9.26. The van der Waals surface area contributed by atoms with Crippen molar-refractivity contribution >= 4 is 5.97 Å². The van der Waals surface area contributed by atoms with Crippen molar-refractivity contribution in [2.24, 2.45) is 0 Å². The van der Waals surface area contributed by atoms with Crippen LogP contribution in [0.2, 0.25) is 0 Å². The van der Waals surface area contributed by atoms with Gasteiger partial charge in [-0.25, -0.2) is 9.48 Å². The first-order valence-electron chi connectivity index (χ1n) is 6.49. The number of rotatable bonds is 5. The maximum absolute atomic E-state index is 11.6. The van der Waals surface area contributed by atoms with E-state index in [0.29, 0.717) is 5.69 Å². The fourth-order valence-corrected chi connectivity index (χ4v) is 1.95. The maximum Gasteiger partial charge on any atom is 0.358 e. The number of carbonyl (C=O) groups excluding carboxylic acids is 1. The normalized spacial score (nSPS) is 10.4. The highest BCUT2D eigenvalue weighted by Crippen LogP contribution is 2.15. The summed E-state index contributed by atoms with van der Waals surface area (Å²) in [4.78, 5) is 11.6. The van der Waals surface area contributed by atoms with E-state index in [1.54, 1.807) is 0 Å². The molecule has 1 aromatic carbocycles. The summed E-state index contributed by atoms with van der Waals surface area (Å²) < 4.78 is 6.55. The highest BCUT2D eigenvalue weighted by molar-refractivity contribution is 5.87. The lowest BCUT2D eigenvalue weighted by molar-refractivity contribution is 0.0593. The van der Waals surface area contributed by atoms with Crippen LogP contribution in [0.15, 0.2) is 36.4 Å². The van der Waals surface area contributed by atoms with Crippen molar-refractivity contribution in [1.29, 1.82) is 0 Å². The van der Waals surface area contributed by atoms with E-state index in [9.17, 15) is 4.79 Å². The molecule has 0 amide bonds. The Morgan fingerprint density at radius 2 is 2.05 bits per heavy atom. The van der Waals surface area contributed by atoms with E-state index in [2.05, 4.69) is 12.0 Å². The van der Waals surface area contributed by atoms with Crippen LogP contribution in [-0.4, -0.2) is 22.9 Å². The average Bonchev–Trinajstić information content (AvgIpc) is 2.89. The van der Waals surface area contributed by atoms with Crippen molar-refractivity contribution in [1.82, 2.24) is 9.78 Å². The predicted molar refractivity (Wildman–Crippen MR) is 73.5 cm³/mol. The van der Waals surface area contributed by atoms with Gasteiger partial charge in [0.15, 0.2) is 5.69 Å². The molecule has 0 spiro atoms. The summed E-state index contributed by atoms with van der Waals surface area (Å²) in [6.07, 6.45) is 3.07. The SMILES string of the molecule is CCCCc1cc(C(=O)OC)nn1-c1ccccc1. The quantitative estimate of drug-likeness (QED) is 0.774. The standard InChI is InChI=1S/C15H18N2O2/c1-3-4-8-13-11-14(15(18)19-2)16-17(13)12-9-6-5-7-10-12/h5-7,9-11H,3-4,8H2,1-2H3. The van der Waals surface area contributed by atoms with Gasteiger partial charge < -0.3 is 4.74 Å². The number of hydrogen-bond donors (Lipinski definition) is 0. The minimum atomic E-state index is -0.396. The van der Waals surface area contributed by atoms with Gasteiger partial charge in [-0.2, -0.15) is 5.10 Å². The van der Waals surface area contributed by atoms with Crippen molar-refractivity contribution in [3.63, 3.8) is 0 Å². The Morgan fingerprint density at radius 3 is 2.68 bits per heavy atom. The number of para-hydroxylation sites is 1. The molecule has 1 heterocycles. The van der Waals surface area contributed by atoms with Crippen LogP contribution in [0, 0.1) is 0 Å². The number of benzene rings is 1. The summed E-state index contributed by atoms with van der Waals surface area (Å²) in [5.74, 6) is -0.396. The summed E-state index contributed by atoms with van der Waals surface area (Å²) in [5.41, 5.74) is 2.36. The van der Waals surface area contributed by atoms with Gasteiger partial charge in [0.25, 0.3) is 0 Å². The molecule has 0 aliphatic carbocycles. The minimum Gasteiger partial charge on any atom is -0.464 e. The Labute approximate surface area is 113 Å².